The number of aromatic hydroxyl groups is 2. The predicted molar refractivity (Wildman–Crippen MR) is 235 cm³/mol. The molecule has 0 aliphatic rings. The van der Waals surface area contributed by atoms with E-state index in [4.69, 9.17) is 55.9 Å². The number of carbonyl (C=O) groups excluding carboxylic acids is 2. The van der Waals surface area contributed by atoms with Gasteiger partial charge in [0.25, 0.3) is 0 Å². The molecular weight excluding hydrogens is 962 g/mol. The molecular formula is C36H41BrCl4N6O10S2. The molecule has 23 heteroatoms. The number of nitrogens with one attached hydrogen (secondary N) is 6. The molecule has 0 aliphatic carbocycles. The quantitative estimate of drug-likeness (QED) is 0.0392. The van der Waals surface area contributed by atoms with E-state index in [1.54, 1.807) is 36.4 Å². The number of hydrogen-bond donors (Lipinski definition) is 8. The number of urea groups is 2. The van der Waals surface area contributed by atoms with Gasteiger partial charge in [0.15, 0.2) is 11.5 Å². The molecule has 8 N–H and O–H groups in total. The van der Waals surface area contributed by atoms with Crippen LogP contribution in [0, 0.1) is 0 Å². The zero-order chi connectivity index (χ0) is 44.1. The first-order valence-corrected chi connectivity index (χ1v) is 22.5. The topological polar surface area (TPSA) is 234 Å². The van der Waals surface area contributed by atoms with E-state index in [0.29, 0.717) is 10.2 Å². The lowest BCUT2D eigenvalue weighted by Gasteiger charge is -2.15. The second-order valence-electron chi connectivity index (χ2n) is 12.4. The molecule has 0 unspecified atom stereocenters. The van der Waals surface area contributed by atoms with Crippen molar-refractivity contribution in [2.24, 2.45) is 0 Å². The second kappa shape index (κ2) is 22.8. The minimum absolute atomic E-state index is 0.00351. The summed E-state index contributed by atoms with van der Waals surface area (Å²) >= 11 is 27.2. The predicted octanol–water partition coefficient (Wildman–Crippen LogP) is 8.86. The highest BCUT2D eigenvalue weighted by Crippen LogP contribution is 2.38. The number of rotatable bonds is 16. The first kappa shape index (κ1) is 49.8. The maximum absolute atomic E-state index is 12.6. The van der Waals surface area contributed by atoms with E-state index in [9.17, 15) is 36.6 Å². The van der Waals surface area contributed by atoms with Crippen molar-refractivity contribution in [2.75, 3.05) is 47.6 Å². The maximum Gasteiger partial charge on any atom is 0.323 e. The Kier molecular flexibility index (Phi) is 19.3. The lowest BCUT2D eigenvalue weighted by molar-refractivity contribution is 0.0832. The van der Waals surface area contributed by atoms with Gasteiger partial charge in [0.1, 0.15) is 9.79 Å². The Balaban J connectivity index is 0.000000316. The van der Waals surface area contributed by atoms with E-state index < -0.39 is 53.4 Å². The van der Waals surface area contributed by atoms with Crippen molar-refractivity contribution in [2.45, 2.75) is 49.7 Å². The van der Waals surface area contributed by atoms with Crippen molar-refractivity contribution in [3.05, 3.63) is 91.3 Å². The van der Waals surface area contributed by atoms with Crippen molar-refractivity contribution < 1.29 is 46.1 Å². The number of halogens is 5. The molecule has 322 valence electrons. The zero-order valence-electron chi connectivity index (χ0n) is 31.7. The molecule has 0 radical (unpaired) electrons. The lowest BCUT2D eigenvalue weighted by atomic mass is 10.3. The fourth-order valence-electron chi connectivity index (χ4n) is 4.61. The highest BCUT2D eigenvalue weighted by Gasteiger charge is 2.27. The minimum Gasteiger partial charge on any atom is -0.504 e. The Morgan fingerprint density at radius 2 is 1.00 bits per heavy atom. The monoisotopic (exact) mass is 1000 g/mol. The molecule has 4 aromatic rings. The molecule has 0 aliphatic heterocycles. The summed E-state index contributed by atoms with van der Waals surface area (Å²) in [4.78, 5) is 23.4. The average molecular weight is 1000 g/mol. The van der Waals surface area contributed by atoms with Crippen molar-refractivity contribution in [1.29, 1.82) is 0 Å². The van der Waals surface area contributed by atoms with Gasteiger partial charge in [-0.15, -0.1) is 0 Å². The van der Waals surface area contributed by atoms with Gasteiger partial charge >= 0.3 is 12.1 Å². The van der Waals surface area contributed by atoms with Crippen molar-refractivity contribution in [3.8, 4) is 11.5 Å². The number of sulfonamides is 2. The summed E-state index contributed by atoms with van der Waals surface area (Å²) in [5, 5.41) is 30.7. The molecule has 0 heterocycles. The molecule has 0 bridgehead atoms. The number of ether oxygens (including phenoxy) is 2. The van der Waals surface area contributed by atoms with Crippen LogP contribution in [0.3, 0.4) is 0 Å². The molecule has 4 amide bonds. The summed E-state index contributed by atoms with van der Waals surface area (Å²) in [5.74, 6) is -1.39. The molecule has 0 saturated carbocycles. The Labute approximate surface area is 370 Å². The molecule has 16 nitrogen and oxygen atoms in total. The van der Waals surface area contributed by atoms with E-state index in [-0.39, 0.29) is 75.7 Å². The van der Waals surface area contributed by atoms with Crippen molar-refractivity contribution >= 4 is 117 Å². The zero-order valence-corrected chi connectivity index (χ0v) is 37.9. The molecule has 4 aromatic carbocycles. The van der Waals surface area contributed by atoms with Gasteiger partial charge in [-0.1, -0.05) is 64.6 Å². The fraction of sp³-hybridized carbons (Fsp3) is 0.278. The van der Waals surface area contributed by atoms with Crippen LogP contribution < -0.4 is 30.7 Å². The summed E-state index contributed by atoms with van der Waals surface area (Å²) in [6.07, 6.45) is -0.113. The van der Waals surface area contributed by atoms with Crippen LogP contribution in [0.25, 0.3) is 0 Å². The second-order valence-corrected chi connectivity index (χ2v) is 18.3. The summed E-state index contributed by atoms with van der Waals surface area (Å²) in [6.45, 7) is 7.54. The highest BCUT2D eigenvalue weighted by molar-refractivity contribution is 9.10. The fourth-order valence-corrected chi connectivity index (χ4v) is 8.62. The molecule has 0 atom stereocenters. The van der Waals surface area contributed by atoms with Crippen LogP contribution in [0.15, 0.2) is 81.0 Å². The lowest BCUT2D eigenvalue weighted by Crippen LogP contribution is -2.29. The largest absolute Gasteiger partial charge is 0.504 e. The molecule has 0 fully saturated rings. The summed E-state index contributed by atoms with van der Waals surface area (Å²) in [7, 11) is -8.31. The third-order valence-corrected chi connectivity index (χ3v) is 12.6. The van der Waals surface area contributed by atoms with Crippen molar-refractivity contribution in [3.63, 3.8) is 0 Å². The molecule has 0 aromatic heterocycles. The summed E-state index contributed by atoms with van der Waals surface area (Å²) in [5.41, 5.74) is 0.444. The van der Waals surface area contributed by atoms with E-state index in [0.717, 1.165) is 0 Å². The first-order valence-electron chi connectivity index (χ1n) is 17.2. The molecule has 4 rings (SSSR count). The van der Waals surface area contributed by atoms with Crippen LogP contribution in [0.1, 0.15) is 27.7 Å². The van der Waals surface area contributed by atoms with Gasteiger partial charge in [0.05, 0.1) is 68.3 Å². The number of phenols is 2. The Morgan fingerprint density at radius 3 is 1.44 bits per heavy atom. The van der Waals surface area contributed by atoms with Gasteiger partial charge in [-0.3, -0.25) is 0 Å². The van der Waals surface area contributed by atoms with Crippen LogP contribution in [-0.2, 0) is 29.5 Å². The number of anilines is 4. The number of amides is 4. The molecule has 0 spiro atoms. The van der Waals surface area contributed by atoms with E-state index in [1.165, 1.54) is 30.3 Å². The smallest absolute Gasteiger partial charge is 0.323 e. The summed E-state index contributed by atoms with van der Waals surface area (Å²) < 4.78 is 66.0. The maximum atomic E-state index is 12.6. The van der Waals surface area contributed by atoms with Gasteiger partial charge in [-0.05, 0) is 92.2 Å². The number of para-hydroxylation sites is 1. The minimum atomic E-state index is -4.17. The van der Waals surface area contributed by atoms with Crippen LogP contribution in [-0.4, -0.2) is 77.6 Å². The Hall–Kier alpha value is -3.60. The molecule has 0 saturated heterocycles. The van der Waals surface area contributed by atoms with Crippen LogP contribution >= 0.6 is 62.3 Å². The average Bonchev–Trinajstić information content (AvgIpc) is 3.14. The SMILES string of the molecule is CC(C)OCCNS(=O)(=O)c1c(Cl)ccc(NC(=O)Nc2cccc(Cl)c2Cl)c1O.CC(C)OCCNS(=O)(=O)c1c(Cl)ccc(NC(=O)Nc2ccccc2Br)c1O. The highest BCUT2D eigenvalue weighted by atomic mass is 79.9. The Morgan fingerprint density at radius 1 is 0.593 bits per heavy atom. The van der Waals surface area contributed by atoms with E-state index in [1.807, 2.05) is 27.7 Å². The van der Waals surface area contributed by atoms with Crippen LogP contribution in [0.4, 0.5) is 32.3 Å². The van der Waals surface area contributed by atoms with Gasteiger partial charge in [-0.25, -0.2) is 35.9 Å². The van der Waals surface area contributed by atoms with Gasteiger partial charge in [0, 0.05) is 17.6 Å². The normalized spacial score (nSPS) is 11.5. The Bertz CT molecular complexity index is 2340. The van der Waals surface area contributed by atoms with Crippen LogP contribution in [0.5, 0.6) is 11.5 Å². The standard InChI is InChI=1S/C18H21BrClN3O5S.C18H20Cl3N3O5S/c1-11(2)28-10-9-21-29(26,27)17-13(20)7-8-15(16(17)24)23-18(25)22-14-6-4-3-5-12(14)19;1-10(2)29-9-8-22-30(27,28)17-12(20)6-7-14(16(17)25)24-18(26)23-13-5-3-4-11(19)15(13)21/h3-8,11,21,24H,9-10H2,1-2H3,(H2,22,23,25);3-7,10,22,25H,8-9H2,1-2H3,(H2,23,24,26). The van der Waals surface area contributed by atoms with E-state index >= 15 is 0 Å². The van der Waals surface area contributed by atoms with Gasteiger partial charge in [0.2, 0.25) is 20.0 Å². The number of benzene rings is 4. The van der Waals surface area contributed by atoms with Gasteiger partial charge in [-0.2, -0.15) is 0 Å². The van der Waals surface area contributed by atoms with Crippen molar-refractivity contribution in [1.82, 2.24) is 9.44 Å². The molecule has 59 heavy (non-hydrogen) atoms. The third-order valence-electron chi connectivity index (χ3n) is 7.21. The van der Waals surface area contributed by atoms with Gasteiger partial charge < -0.3 is 41.0 Å². The summed E-state index contributed by atoms with van der Waals surface area (Å²) in [6, 6.07) is 15.2. The number of phenolic OH excluding ortho intramolecular Hbond substituents is 2. The van der Waals surface area contributed by atoms with Crippen LogP contribution in [0.2, 0.25) is 20.1 Å². The third kappa shape index (κ3) is 15.1. The first-order chi connectivity index (χ1) is 27.6. The van der Waals surface area contributed by atoms with E-state index in [2.05, 4.69) is 46.6 Å². The number of hydrogen-bond acceptors (Lipinski definition) is 10. The number of carbonyl (C=O) groups is 2.